The van der Waals surface area contributed by atoms with Gasteiger partial charge in [0.2, 0.25) is 0 Å². The number of hydrogen-bond acceptors (Lipinski definition) is 3. The van der Waals surface area contributed by atoms with Gasteiger partial charge in [-0.05, 0) is 25.8 Å². The maximum Gasteiger partial charge on any atom is 0.254 e. The van der Waals surface area contributed by atoms with Crippen LogP contribution < -0.4 is 5.32 Å². The summed E-state index contributed by atoms with van der Waals surface area (Å²) in [6.07, 6.45) is 4.91. The van der Waals surface area contributed by atoms with Gasteiger partial charge in [-0.3, -0.25) is 9.78 Å². The van der Waals surface area contributed by atoms with Gasteiger partial charge in [0.05, 0.1) is 22.7 Å². The van der Waals surface area contributed by atoms with Crippen molar-refractivity contribution in [2.45, 2.75) is 25.3 Å². The number of nitrogens with zero attached hydrogens (tertiary/aromatic N) is 1. The normalized spacial score (nSPS) is 24.4. The third kappa shape index (κ3) is 2.96. The molecule has 17 heavy (non-hydrogen) atoms. The largest absolute Gasteiger partial charge is 0.379 e. The van der Waals surface area contributed by atoms with Gasteiger partial charge in [0, 0.05) is 19.0 Å². The maximum atomic E-state index is 12.0. The van der Waals surface area contributed by atoms with Crippen LogP contribution in [0.5, 0.6) is 0 Å². The number of rotatable bonds is 2. The van der Waals surface area contributed by atoms with Crippen LogP contribution in [0.15, 0.2) is 18.5 Å². The fraction of sp³-hybridized carbons (Fsp3) is 0.500. The van der Waals surface area contributed by atoms with Crippen LogP contribution in [0, 0.1) is 0 Å². The van der Waals surface area contributed by atoms with Crippen molar-refractivity contribution in [3.05, 3.63) is 29.0 Å². The number of nitrogens with one attached hydrogen (secondary N) is 1. The topological polar surface area (TPSA) is 51.2 Å². The van der Waals surface area contributed by atoms with Crippen LogP contribution in [-0.2, 0) is 4.74 Å². The molecule has 92 valence electrons. The van der Waals surface area contributed by atoms with Gasteiger partial charge >= 0.3 is 0 Å². The summed E-state index contributed by atoms with van der Waals surface area (Å²) in [5.41, 5.74) is 0.0927. The summed E-state index contributed by atoms with van der Waals surface area (Å²) in [4.78, 5) is 16.0. The molecule has 1 amide bonds. The Morgan fingerprint density at radius 3 is 3.12 bits per heavy atom. The second-order valence-corrected chi connectivity index (χ2v) is 4.93. The van der Waals surface area contributed by atoms with Crippen LogP contribution in [0.2, 0.25) is 5.02 Å². The average Bonchev–Trinajstić information content (AvgIpc) is 2.29. The second kappa shape index (κ2) is 5.02. The summed E-state index contributed by atoms with van der Waals surface area (Å²) in [6.45, 7) is 3.28. The fourth-order valence-corrected chi connectivity index (χ4v) is 2.11. The molecule has 1 aromatic heterocycles. The van der Waals surface area contributed by atoms with Crippen LogP contribution in [0.4, 0.5) is 0 Å². The predicted molar refractivity (Wildman–Crippen MR) is 65.2 cm³/mol. The quantitative estimate of drug-likeness (QED) is 0.879. The molecule has 1 aromatic rings. The van der Waals surface area contributed by atoms with Crippen LogP contribution in [-0.4, -0.2) is 29.6 Å². The lowest BCUT2D eigenvalue weighted by atomic mass is 9.94. The zero-order valence-electron chi connectivity index (χ0n) is 9.70. The van der Waals surface area contributed by atoms with E-state index in [4.69, 9.17) is 16.3 Å². The van der Waals surface area contributed by atoms with Crippen molar-refractivity contribution >= 4 is 17.5 Å². The van der Waals surface area contributed by atoms with E-state index in [1.165, 1.54) is 6.20 Å². The number of aromatic nitrogens is 1. The van der Waals surface area contributed by atoms with Gasteiger partial charge in [0.15, 0.2) is 0 Å². The SMILES string of the molecule is CC1(NC(=O)c2cnccc2Cl)CCCOC1. The molecule has 1 aliphatic rings. The summed E-state index contributed by atoms with van der Waals surface area (Å²) < 4.78 is 5.39. The number of amides is 1. The summed E-state index contributed by atoms with van der Waals surface area (Å²) in [6, 6.07) is 1.61. The van der Waals surface area contributed by atoms with Crippen molar-refractivity contribution in [2.75, 3.05) is 13.2 Å². The Morgan fingerprint density at radius 1 is 1.65 bits per heavy atom. The van der Waals surface area contributed by atoms with E-state index in [-0.39, 0.29) is 11.4 Å². The summed E-state index contributed by atoms with van der Waals surface area (Å²) in [7, 11) is 0. The molecular weight excluding hydrogens is 240 g/mol. The molecule has 1 N–H and O–H groups in total. The smallest absolute Gasteiger partial charge is 0.254 e. The molecule has 1 unspecified atom stereocenters. The standard InChI is InChI=1S/C12H15ClN2O2/c1-12(4-2-6-17-8-12)15-11(16)9-7-14-5-3-10(9)13/h3,5,7H,2,4,6,8H2,1H3,(H,15,16). The van der Waals surface area contributed by atoms with Crippen molar-refractivity contribution < 1.29 is 9.53 Å². The monoisotopic (exact) mass is 254 g/mol. The molecule has 0 saturated carbocycles. The van der Waals surface area contributed by atoms with E-state index in [1.54, 1.807) is 12.3 Å². The minimum atomic E-state index is -0.311. The highest BCUT2D eigenvalue weighted by atomic mass is 35.5. The molecule has 0 spiro atoms. The Bertz CT molecular complexity index is 417. The molecule has 0 aromatic carbocycles. The van der Waals surface area contributed by atoms with Crippen LogP contribution in [0.1, 0.15) is 30.1 Å². The number of ether oxygens (including phenoxy) is 1. The van der Waals surface area contributed by atoms with Crippen LogP contribution in [0.25, 0.3) is 0 Å². The van der Waals surface area contributed by atoms with Crippen LogP contribution in [0.3, 0.4) is 0 Å². The first kappa shape index (κ1) is 12.3. The van der Waals surface area contributed by atoms with Crippen molar-refractivity contribution in [3.63, 3.8) is 0 Å². The van der Waals surface area contributed by atoms with E-state index in [9.17, 15) is 4.79 Å². The van der Waals surface area contributed by atoms with Gasteiger partial charge in [0.25, 0.3) is 5.91 Å². The molecular formula is C12H15ClN2O2. The van der Waals surface area contributed by atoms with Crippen molar-refractivity contribution in [2.24, 2.45) is 0 Å². The minimum absolute atomic E-state index is 0.198. The Hall–Kier alpha value is -1.13. The Balaban J connectivity index is 2.09. The highest BCUT2D eigenvalue weighted by Crippen LogP contribution is 2.20. The zero-order valence-corrected chi connectivity index (χ0v) is 10.5. The molecule has 1 fully saturated rings. The van der Waals surface area contributed by atoms with Gasteiger partial charge in [-0.2, -0.15) is 0 Å². The van der Waals surface area contributed by atoms with E-state index in [0.717, 1.165) is 19.4 Å². The van der Waals surface area contributed by atoms with E-state index in [0.29, 0.717) is 17.2 Å². The third-order valence-corrected chi connectivity index (χ3v) is 3.20. The highest BCUT2D eigenvalue weighted by Gasteiger charge is 2.30. The molecule has 1 aliphatic heterocycles. The van der Waals surface area contributed by atoms with E-state index >= 15 is 0 Å². The lowest BCUT2D eigenvalue weighted by Crippen LogP contribution is -2.51. The second-order valence-electron chi connectivity index (χ2n) is 4.53. The maximum absolute atomic E-state index is 12.0. The van der Waals surface area contributed by atoms with Crippen molar-refractivity contribution in [3.8, 4) is 0 Å². The number of hydrogen-bond donors (Lipinski definition) is 1. The fourth-order valence-electron chi connectivity index (χ4n) is 1.92. The van der Waals surface area contributed by atoms with Gasteiger partial charge in [0.1, 0.15) is 0 Å². The summed E-state index contributed by atoms with van der Waals surface area (Å²) in [5.74, 6) is -0.198. The Labute approximate surface area is 105 Å². The molecule has 2 rings (SSSR count). The predicted octanol–water partition coefficient (Wildman–Crippen LogP) is 2.03. The lowest BCUT2D eigenvalue weighted by Gasteiger charge is -2.34. The Morgan fingerprint density at radius 2 is 2.47 bits per heavy atom. The first-order chi connectivity index (χ1) is 8.11. The van der Waals surface area contributed by atoms with Gasteiger partial charge in [-0.15, -0.1) is 0 Å². The molecule has 1 atom stereocenters. The summed E-state index contributed by atoms with van der Waals surface area (Å²) in [5, 5.41) is 3.38. The molecule has 0 aliphatic carbocycles. The highest BCUT2D eigenvalue weighted by molar-refractivity contribution is 6.33. The van der Waals surface area contributed by atoms with E-state index < -0.39 is 0 Å². The van der Waals surface area contributed by atoms with Crippen molar-refractivity contribution in [1.82, 2.24) is 10.3 Å². The number of halogens is 1. The third-order valence-electron chi connectivity index (χ3n) is 2.87. The van der Waals surface area contributed by atoms with Crippen molar-refractivity contribution in [1.29, 1.82) is 0 Å². The Kier molecular flexibility index (Phi) is 3.64. The number of pyridine rings is 1. The van der Waals surface area contributed by atoms with E-state index in [2.05, 4.69) is 10.3 Å². The van der Waals surface area contributed by atoms with Gasteiger partial charge in [-0.1, -0.05) is 11.6 Å². The lowest BCUT2D eigenvalue weighted by molar-refractivity contribution is 0.0272. The zero-order chi connectivity index (χ0) is 12.3. The van der Waals surface area contributed by atoms with E-state index in [1.807, 2.05) is 6.92 Å². The minimum Gasteiger partial charge on any atom is -0.379 e. The van der Waals surface area contributed by atoms with Gasteiger partial charge < -0.3 is 10.1 Å². The molecule has 0 radical (unpaired) electrons. The first-order valence-corrected chi connectivity index (χ1v) is 5.98. The molecule has 2 heterocycles. The summed E-state index contributed by atoms with van der Waals surface area (Å²) >= 11 is 5.95. The molecule has 0 bridgehead atoms. The molecule has 4 nitrogen and oxygen atoms in total. The molecule has 1 saturated heterocycles. The average molecular weight is 255 g/mol. The molecule has 5 heteroatoms. The van der Waals surface area contributed by atoms with Crippen LogP contribution >= 0.6 is 11.6 Å². The number of carbonyl (C=O) groups is 1. The number of carbonyl (C=O) groups excluding carboxylic acids is 1. The van der Waals surface area contributed by atoms with Gasteiger partial charge in [-0.25, -0.2) is 0 Å². The first-order valence-electron chi connectivity index (χ1n) is 5.60.